The second-order valence-corrected chi connectivity index (χ2v) is 37.4. The van der Waals surface area contributed by atoms with E-state index in [0.29, 0.717) is 86.8 Å². The van der Waals surface area contributed by atoms with E-state index in [1.165, 1.54) is 0 Å². The summed E-state index contributed by atoms with van der Waals surface area (Å²) in [4.78, 5) is 44.4. The Morgan fingerprint density at radius 1 is 0.583 bits per heavy atom. The van der Waals surface area contributed by atoms with E-state index in [9.17, 15) is 24.9 Å². The van der Waals surface area contributed by atoms with Gasteiger partial charge in [-0.3, -0.25) is 9.97 Å². The van der Waals surface area contributed by atoms with Crippen molar-refractivity contribution in [2.24, 2.45) is 11.8 Å². The van der Waals surface area contributed by atoms with Crippen molar-refractivity contribution in [2.45, 2.75) is 127 Å². The van der Waals surface area contributed by atoms with Crippen molar-refractivity contribution in [3.8, 4) is 44.8 Å². The number of carbonyl (C=O) groups is 2. The highest BCUT2D eigenvalue weighted by atomic mass is 79.9. The molecule has 6 N–H and O–H groups in total. The van der Waals surface area contributed by atoms with Crippen LogP contribution in [0.5, 0.6) is 0 Å². The zero-order valence-electron chi connectivity index (χ0n) is 48.5. The summed E-state index contributed by atoms with van der Waals surface area (Å²) < 4.78 is 17.7. The summed E-state index contributed by atoms with van der Waals surface area (Å²) >= 11 is 7.57. The quantitative estimate of drug-likeness (QED) is 0.0255. The van der Waals surface area contributed by atoms with Crippen LogP contribution in [0.15, 0.2) is 119 Å². The monoisotopic (exact) mass is 1300 g/mol. The zero-order valence-corrected chi connectivity index (χ0v) is 53.7. The highest BCUT2D eigenvalue weighted by Gasteiger charge is 2.36. The first-order valence-corrected chi connectivity index (χ1v) is 37.8. The highest BCUT2D eigenvalue weighted by molar-refractivity contribution is 9.11. The summed E-state index contributed by atoms with van der Waals surface area (Å²) in [6, 6.07) is 30.3. The molecule has 0 saturated heterocycles. The van der Waals surface area contributed by atoms with Crippen molar-refractivity contribution < 1.29 is 39.5 Å². The molecule has 6 aromatic heterocycles. The lowest BCUT2D eigenvalue weighted by Gasteiger charge is -2.32. The Labute approximate surface area is 509 Å². The van der Waals surface area contributed by atoms with Crippen molar-refractivity contribution in [2.75, 3.05) is 37.3 Å². The number of nitrogen functional groups attached to an aromatic ring is 1. The van der Waals surface area contributed by atoms with Gasteiger partial charge in [0.15, 0.2) is 29.3 Å². The first-order chi connectivity index (χ1) is 40.2. The number of halogens is 2. The Kier molecular flexibility index (Phi) is 20.3. The molecule has 22 heteroatoms. The van der Waals surface area contributed by atoms with E-state index in [2.05, 4.69) is 92.2 Å². The number of nitrogens with zero attached hydrogens (tertiary/aromatic N) is 9. The van der Waals surface area contributed by atoms with Crippen LogP contribution in [0.1, 0.15) is 74.6 Å². The van der Waals surface area contributed by atoms with Crippen molar-refractivity contribution in [3.05, 3.63) is 130 Å². The summed E-state index contributed by atoms with van der Waals surface area (Å²) in [5, 5.41) is 48.1. The van der Waals surface area contributed by atoms with Crippen LogP contribution in [0, 0.1) is 11.8 Å². The van der Waals surface area contributed by atoms with E-state index in [0.717, 1.165) is 91.4 Å². The Morgan fingerprint density at radius 2 is 0.988 bits per heavy atom. The molecule has 2 unspecified atom stereocenters. The highest BCUT2D eigenvalue weighted by Crippen LogP contribution is 2.44. The largest absolute Gasteiger partial charge is 0.479 e. The molecule has 8 aromatic rings. The number of aromatic nitrogens is 8. The molecule has 0 bridgehead atoms. The smallest absolute Gasteiger partial charge is 0.332 e. The van der Waals surface area contributed by atoms with E-state index < -0.39 is 40.3 Å². The van der Waals surface area contributed by atoms with Gasteiger partial charge in [0.2, 0.25) is 0 Å². The SMILES string of the molecule is C[Si](C)(C)CCOCN(COCC[Si](C)(C)C)c1c(Br)c(C2CCC(C(O)C(=O)O)CC2)nc2c(-c3ccc(-c4ccccc4)nc3)cnn12.Nc1c(Br)c(C2CCC(C(O)C(=O)O)CC2)nc2c(-c3ccc(-c4ccccc4)nc3)cnn12. The third-order valence-electron chi connectivity index (χ3n) is 16.0. The number of ether oxygens (including phenoxy) is 2. The van der Waals surface area contributed by atoms with Crippen molar-refractivity contribution >= 4 is 82.9 Å². The van der Waals surface area contributed by atoms with Crippen LogP contribution < -0.4 is 10.6 Å². The normalized spacial score (nSPS) is 18.3. The van der Waals surface area contributed by atoms with Crippen LogP contribution in [0.4, 0.5) is 11.6 Å². The van der Waals surface area contributed by atoms with Gasteiger partial charge in [-0.15, -0.1) is 0 Å². The molecule has 2 saturated carbocycles. The Morgan fingerprint density at radius 3 is 1.38 bits per heavy atom. The Balaban J connectivity index is 0.000000216. The van der Waals surface area contributed by atoms with Gasteiger partial charge >= 0.3 is 11.9 Å². The number of nitrogens with two attached hydrogens (primary N) is 1. The van der Waals surface area contributed by atoms with Crippen LogP contribution in [-0.4, -0.2) is 127 Å². The van der Waals surface area contributed by atoms with E-state index in [1.54, 1.807) is 10.7 Å². The van der Waals surface area contributed by atoms with Gasteiger partial charge in [0.25, 0.3) is 0 Å². The Hall–Kier alpha value is -6.25. The van der Waals surface area contributed by atoms with Gasteiger partial charge in [0, 0.05) is 87.0 Å². The minimum atomic E-state index is -1.35. The third kappa shape index (κ3) is 15.0. The van der Waals surface area contributed by atoms with Gasteiger partial charge in [-0.25, -0.2) is 19.6 Å². The van der Waals surface area contributed by atoms with Gasteiger partial charge in [0.05, 0.1) is 44.1 Å². The molecule has 0 amide bonds. The maximum Gasteiger partial charge on any atom is 0.332 e. The summed E-state index contributed by atoms with van der Waals surface area (Å²) in [6.07, 6.45) is 9.94. The minimum Gasteiger partial charge on any atom is -0.479 e. The number of hydrogen-bond acceptors (Lipinski definition) is 14. The summed E-state index contributed by atoms with van der Waals surface area (Å²) in [5.41, 5.74) is 16.9. The molecule has 0 aliphatic heterocycles. The third-order valence-corrected chi connectivity index (χ3v) is 21.0. The van der Waals surface area contributed by atoms with Gasteiger partial charge in [-0.05, 0) is 119 Å². The molecule has 2 aliphatic carbocycles. The number of hydrogen-bond donors (Lipinski definition) is 5. The number of benzene rings is 2. The first-order valence-electron chi connectivity index (χ1n) is 28.8. The van der Waals surface area contributed by atoms with E-state index >= 15 is 0 Å². The number of carboxylic acids is 2. The molecule has 0 radical (unpaired) electrons. The molecule has 18 nitrogen and oxygen atoms in total. The molecule has 2 atom stereocenters. The van der Waals surface area contributed by atoms with Crippen molar-refractivity contribution in [3.63, 3.8) is 0 Å². The summed E-state index contributed by atoms with van der Waals surface area (Å²) in [5.74, 6) is -1.40. The molecule has 2 aromatic carbocycles. The molecule has 2 fully saturated rings. The number of rotatable bonds is 21. The molecule has 444 valence electrons. The van der Waals surface area contributed by atoms with Crippen LogP contribution in [0.3, 0.4) is 0 Å². The standard InChI is InChI=1S/C37H52BrN5O5Si2.C25H24BrN5O3/c1-49(2,3)20-18-47-24-42(25-48-19-21-50(4,5)6)36-32(38)33(27-12-14-28(15-13-27)34(44)37(45)46)41-35-30(23-40-43(35)36)29-16-17-31(39-22-29)26-10-8-7-9-11-26;26-20-21(15-6-8-16(9-7-15)22(32)25(33)34)30-24-18(13-29-31(24)23(20)27)17-10-11-19(28-12-17)14-4-2-1-3-5-14/h7-11,16-17,22-23,27-28,34,44H,12-15,18-21,24-25H2,1-6H3,(H,45,46);1-5,10-13,15-16,22,32H,6-9,27H2,(H,33,34). The first kappa shape index (κ1) is 62.3. The van der Waals surface area contributed by atoms with Crippen LogP contribution in [0.25, 0.3) is 56.1 Å². The number of aliphatic hydroxyl groups is 2. The van der Waals surface area contributed by atoms with Crippen molar-refractivity contribution in [1.82, 2.24) is 39.2 Å². The maximum atomic E-state index is 11.5. The van der Waals surface area contributed by atoms with Gasteiger partial charge in [-0.2, -0.15) is 19.2 Å². The fourth-order valence-electron chi connectivity index (χ4n) is 11.0. The van der Waals surface area contributed by atoms with E-state index in [4.69, 9.17) is 40.4 Å². The van der Waals surface area contributed by atoms with Gasteiger partial charge < -0.3 is 40.5 Å². The zero-order chi connectivity index (χ0) is 59.9. The average Bonchev–Trinajstić information content (AvgIpc) is 2.25. The van der Waals surface area contributed by atoms with Gasteiger partial charge in [-0.1, -0.05) is 112 Å². The number of aliphatic hydroxyl groups excluding tert-OH is 2. The predicted molar refractivity (Wildman–Crippen MR) is 340 cm³/mol. The number of fused-ring (bicyclic) bond motifs is 2. The molecular formula is C62H76Br2N10O8Si2. The second kappa shape index (κ2) is 27.4. The van der Waals surface area contributed by atoms with Crippen LogP contribution >= 0.6 is 31.9 Å². The summed E-state index contributed by atoms with van der Waals surface area (Å²) in [6.45, 7) is 16.1. The number of anilines is 2. The molecular weight excluding hydrogens is 1230 g/mol. The second-order valence-electron chi connectivity index (χ2n) is 24.5. The average molecular weight is 1310 g/mol. The van der Waals surface area contributed by atoms with Gasteiger partial charge in [0.1, 0.15) is 19.3 Å². The van der Waals surface area contributed by atoms with E-state index in [1.807, 2.05) is 102 Å². The van der Waals surface area contributed by atoms with Crippen LogP contribution in [-0.2, 0) is 19.1 Å². The fraction of sp³-hybridized carbons (Fsp3) is 0.419. The molecule has 84 heavy (non-hydrogen) atoms. The minimum absolute atomic E-state index is 0.0640. The summed E-state index contributed by atoms with van der Waals surface area (Å²) in [7, 11) is -2.59. The lowest BCUT2D eigenvalue weighted by molar-refractivity contribution is -0.151. The maximum absolute atomic E-state index is 11.5. The lowest BCUT2D eigenvalue weighted by atomic mass is 9.78. The fourth-order valence-corrected chi connectivity index (χ4v) is 13.9. The van der Waals surface area contributed by atoms with E-state index in [-0.39, 0.29) is 23.7 Å². The Bertz CT molecular complexity index is 3490. The number of pyridine rings is 2. The molecule has 2 aliphatic rings. The van der Waals surface area contributed by atoms with Crippen molar-refractivity contribution in [1.29, 1.82) is 0 Å². The lowest BCUT2D eigenvalue weighted by Crippen LogP contribution is -2.34. The van der Waals surface area contributed by atoms with Crippen LogP contribution in [0.2, 0.25) is 51.4 Å². The molecule has 6 heterocycles. The number of carboxylic acid groups (broad SMARTS) is 2. The number of aliphatic carboxylic acids is 2. The molecule has 10 rings (SSSR count). The topological polar surface area (TPSA) is 249 Å². The predicted octanol–water partition coefficient (Wildman–Crippen LogP) is 12.9. The molecule has 0 spiro atoms.